The van der Waals surface area contributed by atoms with Crippen LogP contribution in [0.25, 0.3) is 0 Å². The van der Waals surface area contributed by atoms with Crippen molar-refractivity contribution in [3.63, 3.8) is 0 Å². The molecule has 202 valence electrons. The van der Waals surface area contributed by atoms with Crippen molar-refractivity contribution in [2.75, 3.05) is 33.9 Å². The first-order chi connectivity index (χ1) is 18.6. The standard InChI is InChI=1S/C32H39NO5/c1-36-31(34)21-23-33(25-27-16-18-29(19-17-27)32(35)37-2)22-20-28-14-8-9-15-30(28)38-24-10-4-7-13-26-11-5-3-6-12-26/h3,5-6,8-9,11-12,14-19H,4,7,10,13,20-25H2,1-2H3. The number of aryl methyl sites for hydroxylation is 1. The van der Waals surface area contributed by atoms with Gasteiger partial charge in [-0.25, -0.2) is 4.79 Å². The van der Waals surface area contributed by atoms with Crippen LogP contribution in [0.2, 0.25) is 0 Å². The summed E-state index contributed by atoms with van der Waals surface area (Å²) in [7, 11) is 2.78. The van der Waals surface area contributed by atoms with Gasteiger partial charge in [-0.15, -0.1) is 0 Å². The lowest BCUT2D eigenvalue weighted by molar-refractivity contribution is -0.141. The molecule has 0 saturated heterocycles. The minimum absolute atomic E-state index is 0.230. The van der Waals surface area contributed by atoms with Crippen molar-refractivity contribution in [3.8, 4) is 5.75 Å². The first kappa shape index (κ1) is 28.9. The predicted octanol–water partition coefficient (Wildman–Crippen LogP) is 5.87. The summed E-state index contributed by atoms with van der Waals surface area (Å²) in [5.41, 5.74) is 4.11. The van der Waals surface area contributed by atoms with Gasteiger partial charge in [0.1, 0.15) is 5.75 Å². The van der Waals surface area contributed by atoms with Crippen LogP contribution in [0, 0.1) is 0 Å². The van der Waals surface area contributed by atoms with E-state index < -0.39 is 0 Å². The molecule has 38 heavy (non-hydrogen) atoms. The molecule has 0 heterocycles. The van der Waals surface area contributed by atoms with Gasteiger partial charge < -0.3 is 14.2 Å². The van der Waals surface area contributed by atoms with E-state index in [0.29, 0.717) is 31.7 Å². The SMILES string of the molecule is COC(=O)CCN(CCc1ccccc1OCCCCCc1ccccc1)Cc1ccc(C(=O)OC)cc1. The van der Waals surface area contributed by atoms with Gasteiger partial charge in [0.05, 0.1) is 32.8 Å². The Hall–Kier alpha value is -3.64. The molecule has 0 radical (unpaired) electrons. The molecule has 0 aliphatic heterocycles. The fourth-order valence-electron chi connectivity index (χ4n) is 4.31. The van der Waals surface area contributed by atoms with Crippen molar-refractivity contribution in [1.29, 1.82) is 0 Å². The zero-order chi connectivity index (χ0) is 27.0. The molecule has 0 amide bonds. The van der Waals surface area contributed by atoms with Gasteiger partial charge in [0.25, 0.3) is 0 Å². The maximum atomic E-state index is 11.8. The third-order valence-electron chi connectivity index (χ3n) is 6.52. The van der Waals surface area contributed by atoms with Crippen LogP contribution in [0.15, 0.2) is 78.9 Å². The summed E-state index contributed by atoms with van der Waals surface area (Å²) in [6.07, 6.45) is 5.53. The third-order valence-corrected chi connectivity index (χ3v) is 6.52. The molecule has 0 fully saturated rings. The molecule has 0 atom stereocenters. The van der Waals surface area contributed by atoms with E-state index in [2.05, 4.69) is 41.3 Å². The van der Waals surface area contributed by atoms with Crippen LogP contribution in [-0.2, 0) is 33.7 Å². The number of esters is 2. The summed E-state index contributed by atoms with van der Waals surface area (Å²) in [4.78, 5) is 25.8. The molecule has 3 aromatic rings. The molecule has 0 aromatic heterocycles. The molecule has 0 spiro atoms. The lowest BCUT2D eigenvalue weighted by Gasteiger charge is -2.23. The molecule has 0 aliphatic rings. The number of unbranched alkanes of at least 4 members (excludes halogenated alkanes) is 2. The molecule has 0 unspecified atom stereocenters. The zero-order valence-electron chi connectivity index (χ0n) is 22.6. The van der Waals surface area contributed by atoms with E-state index in [0.717, 1.165) is 55.5 Å². The van der Waals surface area contributed by atoms with Crippen LogP contribution >= 0.6 is 0 Å². The van der Waals surface area contributed by atoms with Crippen molar-refractivity contribution in [2.45, 2.75) is 45.1 Å². The molecule has 3 rings (SSSR count). The minimum Gasteiger partial charge on any atom is -0.493 e. The van der Waals surface area contributed by atoms with E-state index in [1.54, 1.807) is 12.1 Å². The number of nitrogens with zero attached hydrogens (tertiary/aromatic N) is 1. The largest absolute Gasteiger partial charge is 0.493 e. The van der Waals surface area contributed by atoms with Gasteiger partial charge >= 0.3 is 11.9 Å². The van der Waals surface area contributed by atoms with Crippen LogP contribution in [0.5, 0.6) is 5.75 Å². The Morgan fingerprint density at radius 1 is 0.711 bits per heavy atom. The van der Waals surface area contributed by atoms with Crippen molar-refractivity contribution in [2.24, 2.45) is 0 Å². The van der Waals surface area contributed by atoms with Crippen LogP contribution in [0.4, 0.5) is 0 Å². The lowest BCUT2D eigenvalue weighted by Crippen LogP contribution is -2.28. The summed E-state index contributed by atoms with van der Waals surface area (Å²) in [5, 5.41) is 0. The summed E-state index contributed by atoms with van der Waals surface area (Å²) in [6.45, 7) is 2.69. The number of hydrogen-bond acceptors (Lipinski definition) is 6. The van der Waals surface area contributed by atoms with Gasteiger partial charge in [0.15, 0.2) is 0 Å². The van der Waals surface area contributed by atoms with E-state index in [1.807, 2.05) is 30.3 Å². The average Bonchev–Trinajstić information content (AvgIpc) is 2.97. The van der Waals surface area contributed by atoms with Crippen LogP contribution in [0.1, 0.15) is 52.7 Å². The molecule has 0 bridgehead atoms. The van der Waals surface area contributed by atoms with Crippen molar-refractivity contribution in [3.05, 3.63) is 101 Å². The normalized spacial score (nSPS) is 10.8. The second-order valence-corrected chi connectivity index (χ2v) is 9.29. The molecule has 0 aliphatic carbocycles. The summed E-state index contributed by atoms with van der Waals surface area (Å²) in [6, 6.07) is 26.1. The Morgan fingerprint density at radius 2 is 1.45 bits per heavy atom. The van der Waals surface area contributed by atoms with E-state index in [4.69, 9.17) is 14.2 Å². The first-order valence-electron chi connectivity index (χ1n) is 13.3. The molecular weight excluding hydrogens is 478 g/mol. The molecule has 0 N–H and O–H groups in total. The van der Waals surface area contributed by atoms with Crippen LogP contribution < -0.4 is 4.74 Å². The number of methoxy groups -OCH3 is 2. The molecule has 0 saturated carbocycles. The Morgan fingerprint density at radius 3 is 2.18 bits per heavy atom. The van der Waals surface area contributed by atoms with Gasteiger partial charge in [-0.2, -0.15) is 0 Å². The second-order valence-electron chi connectivity index (χ2n) is 9.29. The number of rotatable bonds is 16. The van der Waals surface area contributed by atoms with E-state index >= 15 is 0 Å². The number of para-hydroxylation sites is 1. The predicted molar refractivity (Wildman–Crippen MR) is 149 cm³/mol. The summed E-state index contributed by atoms with van der Waals surface area (Å²) < 4.78 is 15.8. The maximum absolute atomic E-state index is 11.8. The van der Waals surface area contributed by atoms with E-state index in [1.165, 1.54) is 19.8 Å². The number of carbonyl (C=O) groups excluding carboxylic acids is 2. The number of carbonyl (C=O) groups is 2. The second kappa shape index (κ2) is 16.3. The van der Waals surface area contributed by atoms with Crippen molar-refractivity contribution < 1.29 is 23.8 Å². The summed E-state index contributed by atoms with van der Waals surface area (Å²) >= 11 is 0. The fraction of sp³-hybridized carbons (Fsp3) is 0.375. The van der Waals surface area contributed by atoms with Crippen molar-refractivity contribution in [1.82, 2.24) is 4.90 Å². The van der Waals surface area contributed by atoms with E-state index in [9.17, 15) is 9.59 Å². The Bertz CT molecular complexity index is 1110. The van der Waals surface area contributed by atoms with Crippen LogP contribution in [0.3, 0.4) is 0 Å². The third kappa shape index (κ3) is 10.0. The highest BCUT2D eigenvalue weighted by molar-refractivity contribution is 5.89. The fourth-order valence-corrected chi connectivity index (χ4v) is 4.31. The lowest BCUT2D eigenvalue weighted by atomic mass is 10.1. The number of hydrogen-bond donors (Lipinski definition) is 0. The highest BCUT2D eigenvalue weighted by Gasteiger charge is 2.13. The number of ether oxygens (including phenoxy) is 3. The number of benzene rings is 3. The zero-order valence-corrected chi connectivity index (χ0v) is 22.6. The highest BCUT2D eigenvalue weighted by atomic mass is 16.5. The molecular formula is C32H39NO5. The highest BCUT2D eigenvalue weighted by Crippen LogP contribution is 2.20. The molecule has 6 nitrogen and oxygen atoms in total. The monoisotopic (exact) mass is 517 g/mol. The smallest absolute Gasteiger partial charge is 0.337 e. The Balaban J connectivity index is 1.51. The summed E-state index contributed by atoms with van der Waals surface area (Å²) in [5.74, 6) is 0.338. The van der Waals surface area contributed by atoms with Crippen molar-refractivity contribution >= 4 is 11.9 Å². The van der Waals surface area contributed by atoms with Crippen LogP contribution in [-0.4, -0.2) is 50.8 Å². The molecule has 3 aromatic carbocycles. The van der Waals surface area contributed by atoms with E-state index in [-0.39, 0.29) is 11.9 Å². The first-order valence-corrected chi connectivity index (χ1v) is 13.3. The quantitative estimate of drug-likeness (QED) is 0.175. The Labute approximate surface area is 226 Å². The minimum atomic E-state index is -0.355. The molecule has 6 heteroatoms. The van der Waals surface area contributed by atoms with Gasteiger partial charge in [0, 0.05) is 19.6 Å². The maximum Gasteiger partial charge on any atom is 0.337 e. The van der Waals surface area contributed by atoms with Gasteiger partial charge in [-0.05, 0) is 67.0 Å². The van der Waals surface area contributed by atoms with Gasteiger partial charge in [-0.3, -0.25) is 9.69 Å². The average molecular weight is 518 g/mol. The van der Waals surface area contributed by atoms with Gasteiger partial charge in [-0.1, -0.05) is 60.7 Å². The Kier molecular flexibility index (Phi) is 12.4. The van der Waals surface area contributed by atoms with Gasteiger partial charge in [0.2, 0.25) is 0 Å². The topological polar surface area (TPSA) is 65.1 Å².